The predicted octanol–water partition coefficient (Wildman–Crippen LogP) is 2.51. The van der Waals surface area contributed by atoms with Crippen molar-refractivity contribution in [2.45, 2.75) is 71.9 Å². The van der Waals surface area contributed by atoms with Crippen LogP contribution in [0.1, 0.15) is 59.8 Å². The number of nitrogens with zero attached hydrogens (tertiary/aromatic N) is 2. The zero-order valence-electron chi connectivity index (χ0n) is 18.6. The van der Waals surface area contributed by atoms with Crippen LogP contribution in [-0.4, -0.2) is 54.2 Å². The van der Waals surface area contributed by atoms with Gasteiger partial charge in [0.2, 0.25) is 5.91 Å². The molecule has 7 atom stereocenters. The van der Waals surface area contributed by atoms with E-state index in [1.165, 1.54) is 0 Å². The summed E-state index contributed by atoms with van der Waals surface area (Å²) in [7, 11) is 1.73. The number of hydrogen-bond donors (Lipinski definition) is 3. The van der Waals surface area contributed by atoms with E-state index in [1.54, 1.807) is 11.9 Å². The lowest BCUT2D eigenvalue weighted by molar-refractivity contribution is -0.149. The molecular formula is C22H38N4O3. The Hall–Kier alpha value is -1.81. The number of hydrogen-bond acceptors (Lipinski definition) is 4. The zero-order valence-corrected chi connectivity index (χ0v) is 18.6. The fraction of sp³-hybridized carbons (Fsp3) is 0.864. The fourth-order valence-electron chi connectivity index (χ4n) is 5.74. The number of rotatable bonds is 6. The first-order chi connectivity index (χ1) is 13.7. The third-order valence-corrected chi connectivity index (χ3v) is 7.51. The number of nitrogens with one attached hydrogen (secondary N) is 2. The molecule has 0 aromatic rings. The quantitative estimate of drug-likeness (QED) is 0.630. The summed E-state index contributed by atoms with van der Waals surface area (Å²) < 4.78 is 0. The summed E-state index contributed by atoms with van der Waals surface area (Å²) in [4.78, 5) is 26.5. The summed E-state index contributed by atoms with van der Waals surface area (Å²) in [6, 6.07) is 1.95. The van der Waals surface area contributed by atoms with Crippen LogP contribution in [0.5, 0.6) is 0 Å². The lowest BCUT2D eigenvalue weighted by Gasteiger charge is -2.56. The Balaban J connectivity index is 2.13. The molecule has 7 heteroatoms. The molecule has 7 nitrogen and oxygen atoms in total. The maximum Gasteiger partial charge on any atom is 0.315 e. The van der Waals surface area contributed by atoms with Crippen LogP contribution in [-0.2, 0) is 4.79 Å². The van der Waals surface area contributed by atoms with Crippen molar-refractivity contribution in [3.8, 4) is 6.07 Å². The van der Waals surface area contributed by atoms with Gasteiger partial charge >= 0.3 is 6.03 Å². The minimum atomic E-state index is -0.578. The Morgan fingerprint density at radius 3 is 2.62 bits per heavy atom. The number of urea groups is 1. The molecular weight excluding hydrogens is 368 g/mol. The van der Waals surface area contributed by atoms with Crippen molar-refractivity contribution in [2.24, 2.45) is 29.1 Å². The van der Waals surface area contributed by atoms with E-state index in [1.807, 2.05) is 13.8 Å². The highest BCUT2D eigenvalue weighted by atomic mass is 16.3. The Bertz CT molecular complexity index is 634. The molecule has 2 rings (SSSR count). The Morgan fingerprint density at radius 1 is 1.34 bits per heavy atom. The van der Waals surface area contributed by atoms with Crippen LogP contribution in [0.15, 0.2) is 0 Å². The summed E-state index contributed by atoms with van der Waals surface area (Å²) in [6.07, 6.45) is 3.42. The predicted molar refractivity (Wildman–Crippen MR) is 112 cm³/mol. The second-order valence-electron chi connectivity index (χ2n) is 9.34. The molecule has 2 aliphatic rings. The van der Waals surface area contributed by atoms with Gasteiger partial charge in [-0.1, -0.05) is 20.8 Å². The second-order valence-corrected chi connectivity index (χ2v) is 9.34. The highest BCUT2D eigenvalue weighted by Gasteiger charge is 2.54. The molecule has 2 fully saturated rings. The monoisotopic (exact) mass is 406 g/mol. The summed E-state index contributed by atoms with van der Waals surface area (Å²) in [6.45, 7) is 9.16. The molecule has 0 aromatic heterocycles. The fourth-order valence-corrected chi connectivity index (χ4v) is 5.74. The van der Waals surface area contributed by atoms with Crippen molar-refractivity contribution in [3.63, 3.8) is 0 Å². The van der Waals surface area contributed by atoms with Gasteiger partial charge in [0.25, 0.3) is 0 Å². The van der Waals surface area contributed by atoms with Gasteiger partial charge in [0, 0.05) is 32.1 Å². The molecule has 3 N–H and O–H groups in total. The highest BCUT2D eigenvalue weighted by Crippen LogP contribution is 2.55. The van der Waals surface area contributed by atoms with Crippen molar-refractivity contribution < 1.29 is 14.7 Å². The summed E-state index contributed by atoms with van der Waals surface area (Å²) >= 11 is 0. The van der Waals surface area contributed by atoms with Gasteiger partial charge < -0.3 is 20.6 Å². The maximum atomic E-state index is 12.8. The van der Waals surface area contributed by atoms with E-state index in [0.29, 0.717) is 19.5 Å². The van der Waals surface area contributed by atoms with Gasteiger partial charge in [-0.15, -0.1) is 0 Å². The molecule has 0 spiro atoms. The largest absolute Gasteiger partial charge is 0.392 e. The summed E-state index contributed by atoms with van der Waals surface area (Å²) in [5, 5.41) is 26.0. The van der Waals surface area contributed by atoms with Crippen molar-refractivity contribution in [2.75, 3.05) is 20.1 Å². The van der Waals surface area contributed by atoms with Gasteiger partial charge in [-0.2, -0.15) is 5.26 Å². The van der Waals surface area contributed by atoms with E-state index in [9.17, 15) is 14.7 Å². The van der Waals surface area contributed by atoms with Gasteiger partial charge in [0.15, 0.2) is 0 Å². The average molecular weight is 407 g/mol. The molecule has 0 aliphatic heterocycles. The Labute approximate surface area is 175 Å². The molecule has 29 heavy (non-hydrogen) atoms. The lowest BCUT2D eigenvalue weighted by atomic mass is 9.51. The molecule has 0 saturated heterocycles. The molecule has 1 unspecified atom stereocenters. The Kier molecular flexibility index (Phi) is 7.93. The topological polar surface area (TPSA) is 105 Å². The number of carbonyl (C=O) groups excluding carboxylic acids is 2. The standard InChI is InChI=1S/C22H38N4O3/c1-6-24-21(29)25-17-9-11-22(4)10-8-16(19(27)18(22)15(17)3)14(2)20(28)26(5)13-7-12-23/h14-19,27H,6-11,13H2,1-5H3,(H2,24,25,29)/t14-,15+,16?,17-,18+,19-,22-/m0/s1. The SMILES string of the molecule is CCNC(=O)N[C@H]1CC[C@]2(C)CCC([C@H](C)C(=O)N(C)CCC#N)[C@H](O)[C@H]2[C@@H]1C. The van der Waals surface area contributed by atoms with Gasteiger partial charge in [0.05, 0.1) is 18.6 Å². The lowest BCUT2D eigenvalue weighted by Crippen LogP contribution is -2.59. The van der Waals surface area contributed by atoms with E-state index in [0.717, 1.165) is 25.7 Å². The minimum Gasteiger partial charge on any atom is -0.392 e. The third kappa shape index (κ3) is 5.03. The molecule has 164 valence electrons. The van der Waals surface area contributed by atoms with Gasteiger partial charge in [-0.05, 0) is 55.8 Å². The number of aliphatic hydroxyl groups excluding tert-OH is 1. The van der Waals surface area contributed by atoms with E-state index < -0.39 is 6.10 Å². The first-order valence-corrected chi connectivity index (χ1v) is 11.0. The van der Waals surface area contributed by atoms with Gasteiger partial charge in [-0.3, -0.25) is 4.79 Å². The van der Waals surface area contributed by atoms with Crippen molar-refractivity contribution in [1.82, 2.24) is 15.5 Å². The van der Waals surface area contributed by atoms with Crippen molar-refractivity contribution in [3.05, 3.63) is 0 Å². The van der Waals surface area contributed by atoms with Crippen LogP contribution in [0.2, 0.25) is 0 Å². The second kappa shape index (κ2) is 9.80. The van der Waals surface area contributed by atoms with Crippen LogP contribution in [0.4, 0.5) is 4.79 Å². The summed E-state index contributed by atoms with van der Waals surface area (Å²) in [5.74, 6) is -0.222. The molecule has 0 radical (unpaired) electrons. The van der Waals surface area contributed by atoms with Crippen LogP contribution >= 0.6 is 0 Å². The Morgan fingerprint density at radius 2 is 2.00 bits per heavy atom. The zero-order chi connectivity index (χ0) is 21.8. The van der Waals surface area contributed by atoms with E-state index in [-0.39, 0.29) is 47.1 Å². The molecule has 0 bridgehead atoms. The van der Waals surface area contributed by atoms with Crippen LogP contribution < -0.4 is 10.6 Å². The molecule has 0 heterocycles. The van der Waals surface area contributed by atoms with Crippen LogP contribution in [0.25, 0.3) is 0 Å². The van der Waals surface area contributed by atoms with Crippen molar-refractivity contribution >= 4 is 11.9 Å². The number of carbonyl (C=O) groups is 2. The molecule has 3 amide bonds. The van der Waals surface area contributed by atoms with E-state index in [4.69, 9.17) is 5.26 Å². The minimum absolute atomic E-state index is 0.00614. The van der Waals surface area contributed by atoms with Crippen molar-refractivity contribution in [1.29, 1.82) is 5.26 Å². The highest BCUT2D eigenvalue weighted by molar-refractivity contribution is 5.78. The molecule has 2 aliphatic carbocycles. The smallest absolute Gasteiger partial charge is 0.315 e. The van der Waals surface area contributed by atoms with E-state index in [2.05, 4.69) is 30.6 Å². The van der Waals surface area contributed by atoms with Gasteiger partial charge in [0.1, 0.15) is 0 Å². The molecule has 0 aromatic carbocycles. The normalized spacial score (nSPS) is 35.0. The first-order valence-electron chi connectivity index (χ1n) is 11.0. The first kappa shape index (κ1) is 23.5. The third-order valence-electron chi connectivity index (χ3n) is 7.51. The van der Waals surface area contributed by atoms with Crippen LogP contribution in [0.3, 0.4) is 0 Å². The number of aliphatic hydroxyl groups is 1. The maximum absolute atomic E-state index is 12.8. The number of amides is 3. The summed E-state index contributed by atoms with van der Waals surface area (Å²) in [5.41, 5.74) is 0.0320. The van der Waals surface area contributed by atoms with E-state index >= 15 is 0 Å². The number of nitriles is 1. The number of fused-ring (bicyclic) bond motifs is 1. The average Bonchev–Trinajstić information content (AvgIpc) is 2.67. The molecule has 2 saturated carbocycles. The van der Waals surface area contributed by atoms with Gasteiger partial charge in [-0.25, -0.2) is 4.79 Å². The van der Waals surface area contributed by atoms with Crippen LogP contribution in [0, 0.1) is 40.4 Å².